The van der Waals surface area contributed by atoms with Crippen LogP contribution in [0.25, 0.3) is 6.08 Å². The van der Waals surface area contributed by atoms with E-state index in [2.05, 4.69) is 19.1 Å². The normalized spacial score (nSPS) is 12.6. The molecule has 0 fully saturated rings. The van der Waals surface area contributed by atoms with Crippen LogP contribution in [0.3, 0.4) is 0 Å². The van der Waals surface area contributed by atoms with Crippen molar-refractivity contribution in [2.24, 2.45) is 5.73 Å². The van der Waals surface area contributed by atoms with Crippen molar-refractivity contribution < 1.29 is 9.90 Å². The van der Waals surface area contributed by atoms with E-state index in [1.54, 1.807) is 0 Å². The van der Waals surface area contributed by atoms with Gasteiger partial charge in [0.05, 0.1) is 0 Å². The Morgan fingerprint density at radius 1 is 1.09 bits per heavy atom. The highest BCUT2D eigenvalue weighted by molar-refractivity contribution is 5.73. The predicted octanol–water partition coefficient (Wildman–Crippen LogP) is 4.79. The molecule has 0 aliphatic heterocycles. The smallest absolute Gasteiger partial charge is 0.320 e. The largest absolute Gasteiger partial charge is 0.480 e. The number of carboxylic acids is 1. The van der Waals surface area contributed by atoms with E-state index < -0.39 is 12.0 Å². The number of rotatable bonds is 12. The zero-order chi connectivity index (χ0) is 16.9. The second-order valence-corrected chi connectivity index (χ2v) is 6.20. The van der Waals surface area contributed by atoms with Gasteiger partial charge in [-0.15, -0.1) is 0 Å². The molecule has 1 aromatic carbocycles. The highest BCUT2D eigenvalue weighted by Crippen LogP contribution is 2.11. The maximum absolute atomic E-state index is 10.7. The highest BCUT2D eigenvalue weighted by Gasteiger charge is 2.11. The van der Waals surface area contributed by atoms with E-state index in [4.69, 9.17) is 10.8 Å². The summed E-state index contributed by atoms with van der Waals surface area (Å²) in [6.07, 6.45) is 15.2. The fourth-order valence-corrected chi connectivity index (χ4v) is 2.54. The molecule has 3 N–H and O–H groups in total. The summed E-state index contributed by atoms with van der Waals surface area (Å²) in [6.45, 7) is 2.25. The van der Waals surface area contributed by atoms with Crippen LogP contribution in [0.5, 0.6) is 0 Å². The van der Waals surface area contributed by atoms with Crippen molar-refractivity contribution in [1.82, 2.24) is 0 Å². The minimum absolute atomic E-state index is 0.372. The lowest BCUT2D eigenvalue weighted by Crippen LogP contribution is -2.32. The third kappa shape index (κ3) is 9.19. The second kappa shape index (κ2) is 11.9. The Bertz CT molecular complexity index is 465. The van der Waals surface area contributed by atoms with Crippen LogP contribution in [0.2, 0.25) is 0 Å². The van der Waals surface area contributed by atoms with Crippen molar-refractivity contribution in [3.8, 4) is 0 Å². The van der Waals surface area contributed by atoms with Crippen LogP contribution >= 0.6 is 0 Å². The summed E-state index contributed by atoms with van der Waals surface area (Å²) in [5.41, 5.74) is 7.65. The Hall–Kier alpha value is -1.61. The molecule has 1 atom stereocenters. The van der Waals surface area contributed by atoms with Gasteiger partial charge in [-0.1, -0.05) is 81.9 Å². The topological polar surface area (TPSA) is 63.3 Å². The van der Waals surface area contributed by atoms with Gasteiger partial charge in [0.25, 0.3) is 0 Å². The number of carbonyl (C=O) groups is 1. The lowest BCUT2D eigenvalue weighted by atomic mass is 10.0. The van der Waals surface area contributed by atoms with Crippen molar-refractivity contribution >= 4 is 12.0 Å². The van der Waals surface area contributed by atoms with Gasteiger partial charge < -0.3 is 10.8 Å². The summed E-state index contributed by atoms with van der Waals surface area (Å²) < 4.78 is 0. The number of allylic oxidation sites excluding steroid dienone is 1. The molecule has 0 saturated heterocycles. The van der Waals surface area contributed by atoms with E-state index in [1.807, 2.05) is 24.3 Å². The predicted molar refractivity (Wildman–Crippen MR) is 97.4 cm³/mol. The molecular formula is C20H31NO2. The Morgan fingerprint density at radius 2 is 1.70 bits per heavy atom. The number of carboxylic acid groups (broad SMARTS) is 1. The summed E-state index contributed by atoms with van der Waals surface area (Å²) in [7, 11) is 0. The molecule has 0 saturated carbocycles. The molecule has 0 heterocycles. The Morgan fingerprint density at radius 3 is 2.30 bits per heavy atom. The molecule has 3 nitrogen and oxygen atoms in total. The van der Waals surface area contributed by atoms with Crippen molar-refractivity contribution in [3.05, 3.63) is 41.5 Å². The van der Waals surface area contributed by atoms with E-state index in [-0.39, 0.29) is 0 Å². The Balaban J connectivity index is 2.20. The molecule has 0 amide bonds. The number of nitrogens with two attached hydrogens (primary N) is 1. The third-order valence-electron chi connectivity index (χ3n) is 4.04. The Labute approximate surface area is 140 Å². The van der Waals surface area contributed by atoms with Crippen molar-refractivity contribution in [2.45, 2.75) is 70.8 Å². The minimum Gasteiger partial charge on any atom is -0.480 e. The first-order chi connectivity index (χ1) is 11.1. The summed E-state index contributed by atoms with van der Waals surface area (Å²) in [6, 6.07) is 7.12. The lowest BCUT2D eigenvalue weighted by Gasteiger charge is -2.06. The van der Waals surface area contributed by atoms with Crippen molar-refractivity contribution in [1.29, 1.82) is 0 Å². The SMILES string of the molecule is CCCCCCCCC/C=C/c1ccc(C[C@H](N)C(=O)O)cc1. The van der Waals surface area contributed by atoms with Gasteiger partial charge in [-0.05, 0) is 30.4 Å². The van der Waals surface area contributed by atoms with Crippen LogP contribution in [-0.2, 0) is 11.2 Å². The van der Waals surface area contributed by atoms with Gasteiger partial charge in [0.15, 0.2) is 0 Å². The van der Waals surface area contributed by atoms with Gasteiger partial charge in [0.1, 0.15) is 6.04 Å². The average molecular weight is 317 g/mol. The van der Waals surface area contributed by atoms with Gasteiger partial charge in [0.2, 0.25) is 0 Å². The van der Waals surface area contributed by atoms with Crippen LogP contribution in [0.15, 0.2) is 30.3 Å². The number of hydrogen-bond donors (Lipinski definition) is 2. The molecule has 0 aliphatic carbocycles. The van der Waals surface area contributed by atoms with Gasteiger partial charge >= 0.3 is 5.97 Å². The second-order valence-electron chi connectivity index (χ2n) is 6.20. The molecule has 0 aromatic heterocycles. The van der Waals surface area contributed by atoms with Crippen LogP contribution < -0.4 is 5.73 Å². The standard InChI is InChI=1S/C20H31NO2/c1-2-3-4-5-6-7-8-9-10-11-17-12-14-18(15-13-17)16-19(21)20(22)23/h10-15,19H,2-9,16,21H2,1H3,(H,22,23)/b11-10+/t19-/m0/s1. The lowest BCUT2D eigenvalue weighted by molar-refractivity contribution is -0.138. The number of aliphatic carboxylic acids is 1. The number of hydrogen-bond acceptors (Lipinski definition) is 2. The Kier molecular flexibility index (Phi) is 10.0. The van der Waals surface area contributed by atoms with Gasteiger partial charge in [-0.3, -0.25) is 4.79 Å². The fourth-order valence-electron chi connectivity index (χ4n) is 2.54. The van der Waals surface area contributed by atoms with Gasteiger partial charge in [-0.25, -0.2) is 0 Å². The molecule has 0 aliphatic rings. The summed E-state index contributed by atoms with van der Waals surface area (Å²) in [4.78, 5) is 10.7. The minimum atomic E-state index is -0.955. The summed E-state index contributed by atoms with van der Waals surface area (Å²) in [5.74, 6) is -0.955. The van der Waals surface area contributed by atoms with E-state index in [9.17, 15) is 4.79 Å². The molecule has 1 aromatic rings. The third-order valence-corrected chi connectivity index (χ3v) is 4.04. The maximum Gasteiger partial charge on any atom is 0.320 e. The quantitative estimate of drug-likeness (QED) is 0.544. The van der Waals surface area contributed by atoms with E-state index in [0.717, 1.165) is 17.5 Å². The van der Waals surface area contributed by atoms with Crippen LogP contribution in [0.1, 0.15) is 69.4 Å². The average Bonchev–Trinajstić information content (AvgIpc) is 2.54. The zero-order valence-electron chi connectivity index (χ0n) is 14.3. The first-order valence-corrected chi connectivity index (χ1v) is 8.87. The van der Waals surface area contributed by atoms with E-state index >= 15 is 0 Å². The van der Waals surface area contributed by atoms with Crippen LogP contribution in [-0.4, -0.2) is 17.1 Å². The molecule has 128 valence electrons. The molecule has 23 heavy (non-hydrogen) atoms. The fraction of sp³-hybridized carbons (Fsp3) is 0.550. The zero-order valence-corrected chi connectivity index (χ0v) is 14.3. The van der Waals surface area contributed by atoms with Crippen LogP contribution in [0, 0.1) is 0 Å². The van der Waals surface area contributed by atoms with Gasteiger partial charge in [0, 0.05) is 0 Å². The first-order valence-electron chi connectivity index (χ1n) is 8.87. The molecular weight excluding hydrogens is 286 g/mol. The maximum atomic E-state index is 10.7. The number of unbranched alkanes of at least 4 members (excludes halogenated alkanes) is 7. The molecule has 0 radical (unpaired) electrons. The van der Waals surface area contributed by atoms with E-state index in [1.165, 1.54) is 44.9 Å². The summed E-state index contributed by atoms with van der Waals surface area (Å²) >= 11 is 0. The van der Waals surface area contributed by atoms with E-state index in [0.29, 0.717) is 6.42 Å². The van der Waals surface area contributed by atoms with Gasteiger partial charge in [-0.2, -0.15) is 0 Å². The highest BCUT2D eigenvalue weighted by atomic mass is 16.4. The molecule has 0 bridgehead atoms. The van der Waals surface area contributed by atoms with Crippen molar-refractivity contribution in [3.63, 3.8) is 0 Å². The molecule has 0 unspecified atom stereocenters. The summed E-state index contributed by atoms with van der Waals surface area (Å²) in [5, 5.41) is 8.81. The monoisotopic (exact) mass is 317 g/mol. The van der Waals surface area contributed by atoms with Crippen LogP contribution in [0.4, 0.5) is 0 Å². The number of benzene rings is 1. The molecule has 1 rings (SSSR count). The molecule has 3 heteroatoms. The van der Waals surface area contributed by atoms with Crippen molar-refractivity contribution in [2.75, 3.05) is 0 Å². The first kappa shape index (κ1) is 19.4. The molecule has 0 spiro atoms.